The molecule has 4 nitrogen and oxygen atoms in total. The smallest absolute Gasteiger partial charge is 0.248 e. The van der Waals surface area contributed by atoms with E-state index in [4.69, 9.17) is 34.8 Å². The predicted molar refractivity (Wildman–Crippen MR) is 80.8 cm³/mol. The first kappa shape index (κ1) is 14.9. The number of hydrogen-bond donors (Lipinski definition) is 1. The first-order valence-electron chi connectivity index (χ1n) is 4.89. The van der Waals surface area contributed by atoms with E-state index in [9.17, 15) is 8.42 Å². The van der Waals surface area contributed by atoms with Crippen LogP contribution in [0.5, 0.6) is 0 Å². The Balaban J connectivity index is 2.28. The standard InChI is InChI=1S/C10H7Cl3N2O2S2/c11-5-19(16,17)15-10-14-9(4-18-10)6-1-2-7(12)8(13)3-6/h1-4H,5H2,(H,14,15). The van der Waals surface area contributed by atoms with Gasteiger partial charge in [-0.25, -0.2) is 13.4 Å². The fourth-order valence-electron chi connectivity index (χ4n) is 1.27. The lowest BCUT2D eigenvalue weighted by Gasteiger charge is -2.01. The molecule has 0 spiro atoms. The summed E-state index contributed by atoms with van der Waals surface area (Å²) in [6, 6.07) is 5.07. The Labute approximate surface area is 129 Å². The van der Waals surface area contributed by atoms with Crippen LogP contribution in [0.25, 0.3) is 11.3 Å². The van der Waals surface area contributed by atoms with Crippen molar-refractivity contribution in [3.8, 4) is 11.3 Å². The van der Waals surface area contributed by atoms with E-state index in [0.717, 1.165) is 16.9 Å². The molecule has 19 heavy (non-hydrogen) atoms. The Morgan fingerprint density at radius 1 is 1.26 bits per heavy atom. The molecular formula is C10H7Cl3N2O2S2. The highest BCUT2D eigenvalue weighted by Gasteiger charge is 2.12. The van der Waals surface area contributed by atoms with Crippen LogP contribution in [0.1, 0.15) is 0 Å². The summed E-state index contributed by atoms with van der Waals surface area (Å²) in [4.78, 5) is 4.15. The second-order valence-electron chi connectivity index (χ2n) is 3.49. The van der Waals surface area contributed by atoms with Gasteiger partial charge in [0, 0.05) is 10.9 Å². The Hall–Kier alpha value is -0.530. The van der Waals surface area contributed by atoms with Gasteiger partial charge in [0.25, 0.3) is 0 Å². The number of nitrogens with zero attached hydrogens (tertiary/aromatic N) is 1. The van der Waals surface area contributed by atoms with Crippen molar-refractivity contribution in [2.75, 3.05) is 9.93 Å². The lowest BCUT2D eigenvalue weighted by molar-refractivity contribution is 0.605. The molecular weight excluding hydrogens is 351 g/mol. The molecule has 1 aromatic carbocycles. The van der Waals surface area contributed by atoms with Crippen molar-refractivity contribution in [1.82, 2.24) is 4.98 Å². The number of halogens is 3. The van der Waals surface area contributed by atoms with Gasteiger partial charge in [0.05, 0.1) is 15.7 Å². The van der Waals surface area contributed by atoms with Gasteiger partial charge in [0.2, 0.25) is 10.0 Å². The van der Waals surface area contributed by atoms with Gasteiger partial charge < -0.3 is 0 Å². The third-order valence-electron chi connectivity index (χ3n) is 2.11. The van der Waals surface area contributed by atoms with Gasteiger partial charge in [-0.05, 0) is 12.1 Å². The molecule has 102 valence electrons. The third kappa shape index (κ3) is 3.73. The van der Waals surface area contributed by atoms with Gasteiger partial charge in [-0.15, -0.1) is 22.9 Å². The van der Waals surface area contributed by atoms with Gasteiger partial charge in [0.15, 0.2) is 5.13 Å². The SMILES string of the molecule is O=S(=O)(CCl)Nc1nc(-c2ccc(Cl)c(Cl)c2)cs1. The maximum atomic E-state index is 11.3. The monoisotopic (exact) mass is 356 g/mol. The molecule has 2 aromatic rings. The molecule has 0 aliphatic heterocycles. The van der Waals surface area contributed by atoms with Crippen LogP contribution in [0.3, 0.4) is 0 Å². The van der Waals surface area contributed by atoms with Crippen molar-refractivity contribution in [2.24, 2.45) is 0 Å². The highest BCUT2D eigenvalue weighted by atomic mass is 35.5. The topological polar surface area (TPSA) is 59.1 Å². The van der Waals surface area contributed by atoms with Crippen molar-refractivity contribution < 1.29 is 8.42 Å². The minimum Gasteiger partial charge on any atom is -0.258 e. The first-order valence-corrected chi connectivity index (χ1v) is 8.71. The molecule has 0 saturated carbocycles. The zero-order valence-electron chi connectivity index (χ0n) is 9.23. The Morgan fingerprint density at radius 3 is 2.63 bits per heavy atom. The van der Waals surface area contributed by atoms with Crippen molar-refractivity contribution in [1.29, 1.82) is 0 Å². The molecule has 0 bridgehead atoms. The first-order chi connectivity index (χ1) is 8.91. The summed E-state index contributed by atoms with van der Waals surface area (Å²) in [7, 11) is -3.54. The Kier molecular flexibility index (Phi) is 4.58. The van der Waals surface area contributed by atoms with E-state index in [-0.39, 0.29) is 5.13 Å². The van der Waals surface area contributed by atoms with Crippen LogP contribution in [0.2, 0.25) is 10.0 Å². The number of thiazole rings is 1. The van der Waals surface area contributed by atoms with Crippen molar-refractivity contribution in [3.05, 3.63) is 33.6 Å². The predicted octanol–water partition coefficient (Wildman–Crippen LogP) is 4.05. The molecule has 9 heteroatoms. The molecule has 0 saturated heterocycles. The zero-order valence-corrected chi connectivity index (χ0v) is 13.1. The van der Waals surface area contributed by atoms with Crippen LogP contribution >= 0.6 is 46.1 Å². The Bertz CT molecular complexity index is 701. The number of sulfonamides is 1. The number of benzene rings is 1. The molecule has 0 aliphatic carbocycles. The number of aromatic nitrogens is 1. The summed E-state index contributed by atoms with van der Waals surface area (Å²) in [6.45, 7) is 0. The number of hydrogen-bond acceptors (Lipinski definition) is 4. The Morgan fingerprint density at radius 2 is 2.00 bits per heavy atom. The minimum atomic E-state index is -3.54. The highest BCUT2D eigenvalue weighted by Crippen LogP contribution is 2.30. The van der Waals surface area contributed by atoms with Crippen LogP contribution < -0.4 is 4.72 Å². The van der Waals surface area contributed by atoms with Crippen molar-refractivity contribution in [3.63, 3.8) is 0 Å². The molecule has 0 unspecified atom stereocenters. The lowest BCUT2D eigenvalue weighted by atomic mass is 10.2. The number of anilines is 1. The summed E-state index contributed by atoms with van der Waals surface area (Å²) in [5.74, 6) is 0. The molecule has 0 aliphatic rings. The summed E-state index contributed by atoms with van der Waals surface area (Å²) >= 11 is 18.2. The van der Waals surface area contributed by atoms with Gasteiger partial charge in [-0.2, -0.15) is 0 Å². The van der Waals surface area contributed by atoms with Crippen molar-refractivity contribution in [2.45, 2.75) is 0 Å². The molecule has 0 fully saturated rings. The van der Waals surface area contributed by atoms with E-state index < -0.39 is 15.2 Å². The van der Waals surface area contributed by atoms with Crippen LogP contribution in [0.4, 0.5) is 5.13 Å². The lowest BCUT2D eigenvalue weighted by Crippen LogP contribution is -2.13. The van der Waals surface area contributed by atoms with Crippen LogP contribution in [0.15, 0.2) is 23.6 Å². The average molecular weight is 358 g/mol. The highest BCUT2D eigenvalue weighted by molar-refractivity contribution is 7.94. The molecule has 0 atom stereocenters. The summed E-state index contributed by atoms with van der Waals surface area (Å²) in [6.07, 6.45) is 0. The van der Waals surface area contributed by atoms with E-state index in [1.165, 1.54) is 0 Å². The van der Waals surface area contributed by atoms with E-state index in [1.807, 2.05) is 0 Å². The van der Waals surface area contributed by atoms with Gasteiger partial charge in [0.1, 0.15) is 5.21 Å². The summed E-state index contributed by atoms with van der Waals surface area (Å²) in [5.41, 5.74) is 1.36. The second kappa shape index (κ2) is 5.85. The molecule has 0 radical (unpaired) electrons. The average Bonchev–Trinajstić information content (AvgIpc) is 2.80. The fraction of sp³-hybridized carbons (Fsp3) is 0.100. The molecule has 2 rings (SSSR count). The second-order valence-corrected chi connectivity index (χ2v) is 7.47. The largest absolute Gasteiger partial charge is 0.258 e. The minimum absolute atomic E-state index is 0.252. The van der Waals surface area contributed by atoms with Crippen LogP contribution in [-0.2, 0) is 10.0 Å². The normalized spacial score (nSPS) is 11.5. The van der Waals surface area contributed by atoms with Gasteiger partial charge >= 0.3 is 0 Å². The van der Waals surface area contributed by atoms with Crippen LogP contribution in [0, 0.1) is 0 Å². The van der Waals surface area contributed by atoms with Crippen LogP contribution in [-0.4, -0.2) is 18.6 Å². The molecule has 1 heterocycles. The molecule has 0 amide bonds. The maximum absolute atomic E-state index is 11.3. The van der Waals surface area contributed by atoms with E-state index in [1.54, 1.807) is 23.6 Å². The van der Waals surface area contributed by atoms with Crippen molar-refractivity contribution >= 4 is 61.3 Å². The zero-order chi connectivity index (χ0) is 14.0. The fourth-order valence-corrected chi connectivity index (χ4v) is 3.23. The quantitative estimate of drug-likeness (QED) is 0.840. The van der Waals surface area contributed by atoms with E-state index in [2.05, 4.69) is 9.71 Å². The molecule has 1 aromatic heterocycles. The summed E-state index contributed by atoms with van der Waals surface area (Å²) in [5, 5.41) is 2.31. The number of alkyl halides is 1. The maximum Gasteiger partial charge on any atom is 0.248 e. The number of rotatable bonds is 4. The summed E-state index contributed by atoms with van der Waals surface area (Å²) < 4.78 is 24.9. The van der Waals surface area contributed by atoms with E-state index >= 15 is 0 Å². The van der Waals surface area contributed by atoms with Gasteiger partial charge in [-0.1, -0.05) is 29.3 Å². The third-order valence-corrected chi connectivity index (χ3v) is 5.39. The number of nitrogens with one attached hydrogen (secondary N) is 1. The van der Waals surface area contributed by atoms with Gasteiger partial charge in [-0.3, -0.25) is 4.72 Å². The molecule has 1 N–H and O–H groups in total. The van der Waals surface area contributed by atoms with E-state index in [0.29, 0.717) is 15.7 Å².